The molecular weight excluding hydrogens is 212 g/mol. The summed E-state index contributed by atoms with van der Waals surface area (Å²) < 4.78 is 2.09. The molecule has 2 aromatic heterocycles. The van der Waals surface area contributed by atoms with Gasteiger partial charge in [0.05, 0.1) is 11.9 Å². The van der Waals surface area contributed by atoms with Gasteiger partial charge in [-0.1, -0.05) is 13.8 Å². The summed E-state index contributed by atoms with van der Waals surface area (Å²) in [5.74, 6) is 1.06. The molecular formula is C13H18N4. The first kappa shape index (κ1) is 11.8. The molecule has 0 spiro atoms. The lowest BCUT2D eigenvalue weighted by atomic mass is 10.2. The van der Waals surface area contributed by atoms with E-state index < -0.39 is 0 Å². The van der Waals surface area contributed by atoms with E-state index in [4.69, 9.17) is 0 Å². The van der Waals surface area contributed by atoms with Gasteiger partial charge in [-0.25, -0.2) is 4.98 Å². The van der Waals surface area contributed by atoms with E-state index in [-0.39, 0.29) is 0 Å². The number of hydrogen-bond donors (Lipinski definition) is 1. The molecule has 2 aromatic rings. The van der Waals surface area contributed by atoms with Crippen molar-refractivity contribution in [3.63, 3.8) is 0 Å². The molecule has 2 rings (SSSR count). The molecule has 0 aliphatic carbocycles. The predicted molar refractivity (Wildman–Crippen MR) is 68.1 cm³/mol. The van der Waals surface area contributed by atoms with E-state index in [1.165, 1.54) is 5.56 Å². The highest BCUT2D eigenvalue weighted by atomic mass is 15.1. The Morgan fingerprint density at radius 1 is 1.29 bits per heavy atom. The van der Waals surface area contributed by atoms with Crippen LogP contribution in [-0.2, 0) is 13.0 Å². The summed E-state index contributed by atoms with van der Waals surface area (Å²) in [6, 6.07) is 2.15. The fourth-order valence-electron chi connectivity index (χ4n) is 1.80. The fraction of sp³-hybridized carbons (Fsp3) is 0.385. The van der Waals surface area contributed by atoms with Crippen molar-refractivity contribution in [2.45, 2.75) is 26.8 Å². The molecule has 4 nitrogen and oxygen atoms in total. The van der Waals surface area contributed by atoms with Gasteiger partial charge in [-0.2, -0.15) is 0 Å². The zero-order valence-electron chi connectivity index (χ0n) is 10.3. The largest absolute Gasteiger partial charge is 0.313 e. The number of imidazole rings is 1. The first-order valence-corrected chi connectivity index (χ1v) is 6.02. The summed E-state index contributed by atoms with van der Waals surface area (Å²) >= 11 is 0. The molecule has 0 atom stereocenters. The third kappa shape index (κ3) is 2.71. The van der Waals surface area contributed by atoms with Crippen LogP contribution in [0.15, 0.2) is 30.9 Å². The second kappa shape index (κ2) is 5.59. The van der Waals surface area contributed by atoms with Crippen molar-refractivity contribution in [1.29, 1.82) is 0 Å². The van der Waals surface area contributed by atoms with Crippen molar-refractivity contribution in [1.82, 2.24) is 19.9 Å². The van der Waals surface area contributed by atoms with Crippen LogP contribution in [0, 0.1) is 0 Å². The highest BCUT2D eigenvalue weighted by Gasteiger charge is 2.03. The van der Waals surface area contributed by atoms with Gasteiger partial charge in [0.15, 0.2) is 0 Å². The van der Waals surface area contributed by atoms with Gasteiger partial charge < -0.3 is 9.88 Å². The van der Waals surface area contributed by atoms with Crippen molar-refractivity contribution in [3.05, 3.63) is 42.2 Å². The highest BCUT2D eigenvalue weighted by molar-refractivity contribution is 5.33. The van der Waals surface area contributed by atoms with Crippen LogP contribution in [0.3, 0.4) is 0 Å². The van der Waals surface area contributed by atoms with Crippen molar-refractivity contribution >= 4 is 0 Å². The molecule has 0 aromatic carbocycles. The van der Waals surface area contributed by atoms with E-state index in [2.05, 4.69) is 39.8 Å². The molecule has 4 heteroatoms. The third-order valence-corrected chi connectivity index (χ3v) is 2.67. The number of nitrogens with zero attached hydrogens (tertiary/aromatic N) is 3. The van der Waals surface area contributed by atoms with Gasteiger partial charge in [0.25, 0.3) is 0 Å². The number of nitrogens with one attached hydrogen (secondary N) is 1. The van der Waals surface area contributed by atoms with E-state index in [1.54, 1.807) is 0 Å². The van der Waals surface area contributed by atoms with E-state index in [0.29, 0.717) is 0 Å². The van der Waals surface area contributed by atoms with Crippen LogP contribution in [0.25, 0.3) is 5.69 Å². The maximum absolute atomic E-state index is 4.32. The number of rotatable bonds is 5. The molecule has 2 heterocycles. The molecule has 0 saturated carbocycles. The summed E-state index contributed by atoms with van der Waals surface area (Å²) in [4.78, 5) is 8.60. The van der Waals surface area contributed by atoms with Crippen molar-refractivity contribution in [2.24, 2.45) is 0 Å². The second-order valence-electron chi connectivity index (χ2n) is 3.90. The second-order valence-corrected chi connectivity index (χ2v) is 3.90. The summed E-state index contributed by atoms with van der Waals surface area (Å²) in [5.41, 5.74) is 2.27. The quantitative estimate of drug-likeness (QED) is 0.853. The van der Waals surface area contributed by atoms with Crippen LogP contribution in [-0.4, -0.2) is 21.1 Å². The molecule has 0 aliphatic rings. The standard InChI is InChI=1S/C13H18N4/c1-3-13-16-5-6-17(13)12-7-11(8-14-4-2)9-15-10-12/h5-7,9-10,14H,3-4,8H2,1-2H3. The summed E-state index contributed by atoms with van der Waals surface area (Å²) in [6.45, 7) is 6.03. The van der Waals surface area contributed by atoms with Gasteiger partial charge in [-0.05, 0) is 18.2 Å². The number of pyridine rings is 1. The van der Waals surface area contributed by atoms with Crippen molar-refractivity contribution < 1.29 is 0 Å². The minimum absolute atomic E-state index is 0.855. The number of aromatic nitrogens is 3. The van der Waals surface area contributed by atoms with E-state index in [1.807, 2.05) is 24.8 Å². The van der Waals surface area contributed by atoms with Gasteiger partial charge in [-0.3, -0.25) is 4.98 Å². The van der Waals surface area contributed by atoms with Crippen LogP contribution in [0.1, 0.15) is 25.2 Å². The lowest BCUT2D eigenvalue weighted by molar-refractivity contribution is 0.723. The summed E-state index contributed by atoms with van der Waals surface area (Å²) in [5, 5.41) is 3.30. The van der Waals surface area contributed by atoms with E-state index in [0.717, 1.165) is 31.0 Å². The average molecular weight is 230 g/mol. The summed E-state index contributed by atoms with van der Waals surface area (Å²) in [7, 11) is 0. The fourth-order valence-corrected chi connectivity index (χ4v) is 1.80. The Kier molecular flexibility index (Phi) is 3.88. The monoisotopic (exact) mass is 230 g/mol. The first-order valence-electron chi connectivity index (χ1n) is 6.02. The van der Waals surface area contributed by atoms with E-state index in [9.17, 15) is 0 Å². The topological polar surface area (TPSA) is 42.7 Å². The van der Waals surface area contributed by atoms with Gasteiger partial charge in [-0.15, -0.1) is 0 Å². The molecule has 0 aliphatic heterocycles. The van der Waals surface area contributed by atoms with Crippen LogP contribution >= 0.6 is 0 Å². The smallest absolute Gasteiger partial charge is 0.112 e. The third-order valence-electron chi connectivity index (χ3n) is 2.67. The molecule has 17 heavy (non-hydrogen) atoms. The normalized spacial score (nSPS) is 10.7. The molecule has 0 unspecified atom stereocenters. The highest BCUT2D eigenvalue weighted by Crippen LogP contribution is 2.11. The Bertz CT molecular complexity index is 476. The zero-order chi connectivity index (χ0) is 12.1. The minimum Gasteiger partial charge on any atom is -0.313 e. The SMILES string of the molecule is CCNCc1cncc(-n2ccnc2CC)c1. The van der Waals surface area contributed by atoms with Crippen LogP contribution < -0.4 is 5.32 Å². The molecule has 0 bridgehead atoms. The van der Waals surface area contributed by atoms with Gasteiger partial charge in [0.1, 0.15) is 5.82 Å². The molecule has 0 radical (unpaired) electrons. The Balaban J connectivity index is 2.26. The van der Waals surface area contributed by atoms with Crippen molar-refractivity contribution in [3.8, 4) is 5.69 Å². The zero-order valence-corrected chi connectivity index (χ0v) is 10.3. The van der Waals surface area contributed by atoms with Crippen molar-refractivity contribution in [2.75, 3.05) is 6.54 Å². The number of hydrogen-bond acceptors (Lipinski definition) is 3. The lowest BCUT2D eigenvalue weighted by Gasteiger charge is -2.08. The average Bonchev–Trinajstić information content (AvgIpc) is 2.85. The van der Waals surface area contributed by atoms with Crippen LogP contribution in [0.4, 0.5) is 0 Å². The van der Waals surface area contributed by atoms with Gasteiger partial charge in [0.2, 0.25) is 0 Å². The maximum atomic E-state index is 4.32. The molecule has 1 N–H and O–H groups in total. The Morgan fingerprint density at radius 2 is 2.18 bits per heavy atom. The Hall–Kier alpha value is -1.68. The molecule has 0 saturated heterocycles. The van der Waals surface area contributed by atoms with Crippen LogP contribution in [0.2, 0.25) is 0 Å². The van der Waals surface area contributed by atoms with Crippen LogP contribution in [0.5, 0.6) is 0 Å². The van der Waals surface area contributed by atoms with Gasteiger partial charge >= 0.3 is 0 Å². The van der Waals surface area contributed by atoms with Gasteiger partial charge in [0, 0.05) is 31.6 Å². The molecule has 0 amide bonds. The minimum atomic E-state index is 0.855. The summed E-state index contributed by atoms with van der Waals surface area (Å²) in [6.07, 6.45) is 8.50. The predicted octanol–water partition coefficient (Wildman–Crippen LogP) is 1.94. The maximum Gasteiger partial charge on any atom is 0.112 e. The lowest BCUT2D eigenvalue weighted by Crippen LogP contribution is -2.12. The van der Waals surface area contributed by atoms with E-state index >= 15 is 0 Å². The Morgan fingerprint density at radius 3 is 2.94 bits per heavy atom. The first-order chi connectivity index (χ1) is 8.35. The number of aryl methyl sites for hydroxylation is 1. The molecule has 0 fully saturated rings. The Labute approximate surface area is 102 Å². The molecule has 90 valence electrons.